The Morgan fingerprint density at radius 1 is 1.15 bits per heavy atom. The van der Waals surface area contributed by atoms with Gasteiger partial charge in [-0.3, -0.25) is 14.5 Å². The zero-order chi connectivity index (χ0) is 19.0. The van der Waals surface area contributed by atoms with Crippen molar-refractivity contribution >= 4 is 11.8 Å². The number of rotatable bonds is 3. The zero-order valence-electron chi connectivity index (χ0n) is 16.6. The fourth-order valence-corrected chi connectivity index (χ4v) is 4.66. The van der Waals surface area contributed by atoms with Crippen molar-refractivity contribution in [1.29, 1.82) is 0 Å². The molecule has 1 spiro atoms. The van der Waals surface area contributed by atoms with Gasteiger partial charge in [0.25, 0.3) is 5.91 Å². The van der Waals surface area contributed by atoms with Gasteiger partial charge in [-0.25, -0.2) is 0 Å². The SMILES string of the molecule is Cc1ccccc1C(=O)N1CCN(C)[C@@]2(CCC(=O)N(CC3CC3)CC2)C1. The maximum Gasteiger partial charge on any atom is 0.254 e. The van der Waals surface area contributed by atoms with Crippen LogP contribution in [0.3, 0.4) is 0 Å². The summed E-state index contributed by atoms with van der Waals surface area (Å²) in [6.07, 6.45) is 4.95. The van der Waals surface area contributed by atoms with Crippen molar-refractivity contribution in [2.24, 2.45) is 5.92 Å². The van der Waals surface area contributed by atoms with Crippen LogP contribution < -0.4 is 0 Å². The first-order valence-corrected chi connectivity index (χ1v) is 10.3. The number of likely N-dealkylation sites (N-methyl/N-ethyl adjacent to an activating group) is 1. The zero-order valence-corrected chi connectivity index (χ0v) is 16.6. The summed E-state index contributed by atoms with van der Waals surface area (Å²) in [6.45, 7) is 6.11. The number of hydrogen-bond acceptors (Lipinski definition) is 3. The van der Waals surface area contributed by atoms with E-state index in [1.165, 1.54) is 12.8 Å². The highest BCUT2D eigenvalue weighted by atomic mass is 16.2. The number of nitrogens with zero attached hydrogens (tertiary/aromatic N) is 3. The van der Waals surface area contributed by atoms with Crippen LogP contribution in [0.1, 0.15) is 48.0 Å². The minimum Gasteiger partial charge on any atom is -0.342 e. The van der Waals surface area contributed by atoms with Gasteiger partial charge in [0.05, 0.1) is 0 Å². The van der Waals surface area contributed by atoms with Gasteiger partial charge in [-0.1, -0.05) is 18.2 Å². The molecular weight excluding hydrogens is 338 g/mol. The van der Waals surface area contributed by atoms with Gasteiger partial charge in [-0.05, 0) is 57.2 Å². The quantitative estimate of drug-likeness (QED) is 0.822. The molecule has 1 aromatic carbocycles. The number of likely N-dealkylation sites (tertiary alicyclic amines) is 1. The molecule has 3 aliphatic rings. The number of aryl methyl sites for hydroxylation is 1. The lowest BCUT2D eigenvalue weighted by Crippen LogP contribution is -2.62. The normalized spacial score (nSPS) is 27.1. The Morgan fingerprint density at radius 2 is 1.93 bits per heavy atom. The fourth-order valence-electron chi connectivity index (χ4n) is 4.66. The first kappa shape index (κ1) is 18.5. The molecule has 0 aromatic heterocycles. The van der Waals surface area contributed by atoms with Crippen LogP contribution in [0, 0.1) is 12.8 Å². The standard InChI is InChI=1S/C22H31N3O2/c1-17-5-3-4-6-19(17)21(27)25-14-13-23(2)22(16-25)10-9-20(26)24(12-11-22)15-18-7-8-18/h3-6,18H,7-16H2,1-2H3/t22-/m1/s1. The number of benzene rings is 1. The molecule has 5 heteroatoms. The molecule has 1 saturated carbocycles. The molecule has 1 aromatic rings. The summed E-state index contributed by atoms with van der Waals surface area (Å²) in [7, 11) is 2.16. The van der Waals surface area contributed by atoms with E-state index in [1.54, 1.807) is 0 Å². The van der Waals surface area contributed by atoms with E-state index < -0.39 is 0 Å². The number of carbonyl (C=O) groups is 2. The first-order valence-electron chi connectivity index (χ1n) is 10.3. The minimum absolute atomic E-state index is 0.0788. The van der Waals surface area contributed by atoms with Crippen molar-refractivity contribution in [3.8, 4) is 0 Å². The molecule has 0 N–H and O–H groups in total. The Balaban J connectivity index is 1.50. The maximum atomic E-state index is 13.2. The Labute approximate surface area is 162 Å². The van der Waals surface area contributed by atoms with Gasteiger partial charge in [-0.2, -0.15) is 0 Å². The van der Waals surface area contributed by atoms with E-state index in [0.717, 1.165) is 62.6 Å². The van der Waals surface area contributed by atoms with Crippen LogP contribution in [0.4, 0.5) is 0 Å². The summed E-state index contributed by atoms with van der Waals surface area (Å²) >= 11 is 0. The molecule has 2 saturated heterocycles. The average molecular weight is 370 g/mol. The van der Waals surface area contributed by atoms with Crippen molar-refractivity contribution < 1.29 is 9.59 Å². The predicted octanol–water partition coefficient (Wildman–Crippen LogP) is 2.54. The van der Waals surface area contributed by atoms with Gasteiger partial charge < -0.3 is 9.80 Å². The van der Waals surface area contributed by atoms with Gasteiger partial charge >= 0.3 is 0 Å². The minimum atomic E-state index is -0.0788. The number of hydrogen-bond donors (Lipinski definition) is 0. The van der Waals surface area contributed by atoms with Crippen LogP contribution in [0.25, 0.3) is 0 Å². The van der Waals surface area contributed by atoms with E-state index in [9.17, 15) is 9.59 Å². The summed E-state index contributed by atoms with van der Waals surface area (Å²) < 4.78 is 0. The second kappa shape index (κ2) is 7.27. The number of amides is 2. The van der Waals surface area contributed by atoms with E-state index in [1.807, 2.05) is 36.1 Å². The lowest BCUT2D eigenvalue weighted by Gasteiger charge is -2.49. The molecule has 4 rings (SSSR count). The largest absolute Gasteiger partial charge is 0.342 e. The van der Waals surface area contributed by atoms with Gasteiger partial charge in [0.2, 0.25) is 5.91 Å². The molecule has 1 atom stereocenters. The Bertz CT molecular complexity index is 730. The summed E-state index contributed by atoms with van der Waals surface area (Å²) in [6, 6.07) is 7.84. The lowest BCUT2D eigenvalue weighted by molar-refractivity contribution is -0.130. The lowest BCUT2D eigenvalue weighted by atomic mass is 9.86. The van der Waals surface area contributed by atoms with Crippen LogP contribution in [0.2, 0.25) is 0 Å². The summed E-state index contributed by atoms with van der Waals surface area (Å²) in [5.41, 5.74) is 1.75. The van der Waals surface area contributed by atoms with Gasteiger partial charge in [0.15, 0.2) is 0 Å². The van der Waals surface area contributed by atoms with E-state index in [2.05, 4.69) is 16.8 Å². The van der Waals surface area contributed by atoms with Crippen LogP contribution in [-0.2, 0) is 4.79 Å². The molecular formula is C22H31N3O2. The van der Waals surface area contributed by atoms with Crippen LogP contribution in [0.5, 0.6) is 0 Å². The maximum absolute atomic E-state index is 13.2. The average Bonchev–Trinajstić information content (AvgIpc) is 3.49. The summed E-state index contributed by atoms with van der Waals surface area (Å²) in [5, 5.41) is 0. The fraction of sp³-hybridized carbons (Fsp3) is 0.636. The van der Waals surface area contributed by atoms with Crippen LogP contribution >= 0.6 is 0 Å². The Morgan fingerprint density at radius 3 is 2.67 bits per heavy atom. The smallest absolute Gasteiger partial charge is 0.254 e. The molecule has 27 heavy (non-hydrogen) atoms. The summed E-state index contributed by atoms with van der Waals surface area (Å²) in [4.78, 5) is 32.3. The van der Waals surface area contributed by atoms with E-state index in [-0.39, 0.29) is 11.4 Å². The number of carbonyl (C=O) groups excluding carboxylic acids is 2. The first-order chi connectivity index (χ1) is 13.0. The molecule has 1 aliphatic carbocycles. The van der Waals surface area contributed by atoms with Crippen LogP contribution in [0.15, 0.2) is 24.3 Å². The van der Waals surface area contributed by atoms with Crippen molar-refractivity contribution in [2.45, 2.75) is 44.6 Å². The highest BCUT2D eigenvalue weighted by Gasteiger charge is 2.44. The van der Waals surface area contributed by atoms with Crippen LogP contribution in [-0.4, -0.2) is 71.8 Å². The molecule has 0 unspecified atom stereocenters. The molecule has 146 valence electrons. The molecule has 2 heterocycles. The molecule has 2 aliphatic heterocycles. The second-order valence-corrected chi connectivity index (χ2v) is 8.72. The highest BCUT2D eigenvalue weighted by Crippen LogP contribution is 2.35. The Kier molecular flexibility index (Phi) is 4.97. The van der Waals surface area contributed by atoms with Gasteiger partial charge in [-0.15, -0.1) is 0 Å². The molecule has 0 radical (unpaired) electrons. The molecule has 3 fully saturated rings. The molecule has 5 nitrogen and oxygen atoms in total. The van der Waals surface area contributed by atoms with Gasteiger partial charge in [0, 0.05) is 50.2 Å². The van der Waals surface area contributed by atoms with E-state index in [0.29, 0.717) is 12.3 Å². The van der Waals surface area contributed by atoms with Crippen molar-refractivity contribution in [1.82, 2.24) is 14.7 Å². The number of piperazine rings is 1. The third-order valence-electron chi connectivity index (χ3n) is 6.84. The van der Waals surface area contributed by atoms with E-state index >= 15 is 0 Å². The third kappa shape index (κ3) is 3.75. The van der Waals surface area contributed by atoms with Crippen molar-refractivity contribution in [3.05, 3.63) is 35.4 Å². The molecule has 0 bridgehead atoms. The predicted molar refractivity (Wildman–Crippen MR) is 106 cm³/mol. The highest BCUT2D eigenvalue weighted by molar-refractivity contribution is 5.95. The van der Waals surface area contributed by atoms with E-state index in [4.69, 9.17) is 0 Å². The Hall–Kier alpha value is -1.88. The molecule has 2 amide bonds. The summed E-state index contributed by atoms with van der Waals surface area (Å²) in [5.74, 6) is 1.16. The topological polar surface area (TPSA) is 43.9 Å². The van der Waals surface area contributed by atoms with Gasteiger partial charge in [0.1, 0.15) is 0 Å². The van der Waals surface area contributed by atoms with Crippen molar-refractivity contribution in [3.63, 3.8) is 0 Å². The third-order valence-corrected chi connectivity index (χ3v) is 6.84. The van der Waals surface area contributed by atoms with Crippen molar-refractivity contribution in [2.75, 3.05) is 39.8 Å². The second-order valence-electron chi connectivity index (χ2n) is 8.72. The monoisotopic (exact) mass is 369 g/mol.